The van der Waals surface area contributed by atoms with Crippen LogP contribution in [-0.2, 0) is 10.2 Å². The minimum Gasteiger partial charge on any atom is -0.393 e. The number of anilines is 1. The number of carbonyl (C=O) groups is 1. The SMILES string of the molecule is C[C@H](NC1CCC(O)CC1)C1N[C@@H](CC(C)(C)C)C2(C(=O)Nc3cc(Cl)ccc32)C1c1cccc(Cl)c1F. The first kappa shape index (κ1) is 27.9. The van der Waals surface area contributed by atoms with Crippen LogP contribution < -0.4 is 16.0 Å². The summed E-state index contributed by atoms with van der Waals surface area (Å²) in [7, 11) is 0. The van der Waals surface area contributed by atoms with Crippen LogP contribution >= 0.6 is 23.2 Å². The Balaban J connectivity index is 1.66. The van der Waals surface area contributed by atoms with Gasteiger partial charge < -0.3 is 21.1 Å². The van der Waals surface area contributed by atoms with E-state index in [2.05, 4.69) is 43.6 Å². The predicted molar refractivity (Wildman–Crippen MR) is 152 cm³/mol. The number of benzene rings is 2. The van der Waals surface area contributed by atoms with Gasteiger partial charge in [0.05, 0.1) is 11.1 Å². The van der Waals surface area contributed by atoms with Crippen molar-refractivity contribution in [2.24, 2.45) is 5.41 Å². The summed E-state index contributed by atoms with van der Waals surface area (Å²) in [5.74, 6) is -1.14. The lowest BCUT2D eigenvalue weighted by Crippen LogP contribution is -2.51. The molecule has 206 valence electrons. The second-order valence-electron chi connectivity index (χ2n) is 12.6. The van der Waals surface area contributed by atoms with Crippen molar-refractivity contribution in [1.29, 1.82) is 0 Å². The number of fused-ring (bicyclic) bond motifs is 2. The van der Waals surface area contributed by atoms with E-state index in [-0.39, 0.29) is 46.6 Å². The average molecular weight is 563 g/mol. The van der Waals surface area contributed by atoms with Crippen LogP contribution in [0.25, 0.3) is 0 Å². The maximum Gasteiger partial charge on any atom is 0.237 e. The number of hydrogen-bond acceptors (Lipinski definition) is 4. The van der Waals surface area contributed by atoms with E-state index in [1.807, 2.05) is 12.1 Å². The van der Waals surface area contributed by atoms with E-state index in [0.717, 1.165) is 31.2 Å². The van der Waals surface area contributed by atoms with E-state index in [1.54, 1.807) is 24.3 Å². The van der Waals surface area contributed by atoms with E-state index in [4.69, 9.17) is 23.2 Å². The molecule has 1 amide bonds. The lowest BCUT2D eigenvalue weighted by molar-refractivity contribution is -0.122. The van der Waals surface area contributed by atoms with Gasteiger partial charge in [0.25, 0.3) is 0 Å². The van der Waals surface area contributed by atoms with Gasteiger partial charge in [-0.05, 0) is 73.8 Å². The summed E-state index contributed by atoms with van der Waals surface area (Å²) in [4.78, 5) is 14.2. The van der Waals surface area contributed by atoms with Gasteiger partial charge in [0, 0.05) is 40.8 Å². The summed E-state index contributed by atoms with van der Waals surface area (Å²) in [5.41, 5.74) is 0.814. The fourth-order valence-electron chi connectivity index (χ4n) is 7.13. The highest BCUT2D eigenvalue weighted by Crippen LogP contribution is 2.57. The Hall–Kier alpha value is -1.70. The number of nitrogens with one attached hydrogen (secondary N) is 3. The maximum atomic E-state index is 15.9. The van der Waals surface area contributed by atoms with Crippen molar-refractivity contribution >= 4 is 34.8 Å². The van der Waals surface area contributed by atoms with E-state index in [0.29, 0.717) is 22.7 Å². The molecule has 1 spiro atoms. The van der Waals surface area contributed by atoms with Crippen molar-refractivity contribution in [3.8, 4) is 0 Å². The molecular weight excluding hydrogens is 524 g/mol. The van der Waals surface area contributed by atoms with Crippen LogP contribution in [0, 0.1) is 11.2 Å². The van der Waals surface area contributed by atoms with Crippen LogP contribution in [0.3, 0.4) is 0 Å². The number of aliphatic hydroxyl groups excluding tert-OH is 1. The Labute approximate surface area is 234 Å². The summed E-state index contributed by atoms with van der Waals surface area (Å²) in [5, 5.41) is 21.3. The van der Waals surface area contributed by atoms with E-state index >= 15 is 4.39 Å². The van der Waals surface area contributed by atoms with Gasteiger partial charge >= 0.3 is 0 Å². The first-order valence-corrected chi connectivity index (χ1v) is 14.4. The molecule has 2 aliphatic heterocycles. The average Bonchev–Trinajstić information content (AvgIpc) is 3.31. The molecule has 2 aromatic rings. The molecule has 4 N–H and O–H groups in total. The zero-order chi connectivity index (χ0) is 27.4. The number of amides is 1. The summed E-state index contributed by atoms with van der Waals surface area (Å²) in [6, 6.07) is 10.3. The molecule has 5 nitrogen and oxygen atoms in total. The normalized spacial score (nSPS) is 31.9. The van der Waals surface area contributed by atoms with E-state index < -0.39 is 17.2 Å². The van der Waals surface area contributed by atoms with Crippen molar-refractivity contribution < 1.29 is 14.3 Å². The Morgan fingerprint density at radius 2 is 1.87 bits per heavy atom. The fourth-order valence-corrected chi connectivity index (χ4v) is 7.48. The molecule has 2 fully saturated rings. The minimum atomic E-state index is -1.05. The Kier molecular flexibility index (Phi) is 7.60. The Bertz CT molecular complexity index is 1210. The second-order valence-corrected chi connectivity index (χ2v) is 13.4. The van der Waals surface area contributed by atoms with Crippen LogP contribution in [0.1, 0.15) is 76.8 Å². The smallest absolute Gasteiger partial charge is 0.237 e. The van der Waals surface area contributed by atoms with Crippen LogP contribution in [0.5, 0.6) is 0 Å². The highest BCUT2D eigenvalue weighted by atomic mass is 35.5. The van der Waals surface area contributed by atoms with Crippen molar-refractivity contribution in [3.63, 3.8) is 0 Å². The number of carbonyl (C=O) groups excluding carboxylic acids is 1. The van der Waals surface area contributed by atoms with Crippen LogP contribution in [0.15, 0.2) is 36.4 Å². The van der Waals surface area contributed by atoms with Crippen LogP contribution in [0.2, 0.25) is 10.0 Å². The van der Waals surface area contributed by atoms with Crippen LogP contribution in [-0.4, -0.2) is 41.3 Å². The molecule has 1 saturated carbocycles. The predicted octanol–water partition coefficient (Wildman–Crippen LogP) is 6.16. The van der Waals surface area contributed by atoms with Crippen molar-refractivity contribution in [1.82, 2.24) is 10.6 Å². The molecular formula is C30H38Cl2FN3O2. The maximum absolute atomic E-state index is 15.9. The minimum absolute atomic E-state index is 0.0484. The standard InChI is InChI=1S/C30H38Cl2FN3O2/c1-16(34-18-9-11-19(37)12-10-18)27-25(20-6-5-7-22(32)26(20)33)30(24(36-27)15-29(2,3)4)21-13-8-17(31)14-23(21)35-28(30)38/h5-8,13-14,16,18-19,24-25,27,34,36-37H,9-12,15H2,1-4H3,(H,35,38)/t16-,18?,19?,24-,25?,27?,30?/m0/s1. The first-order chi connectivity index (χ1) is 17.9. The summed E-state index contributed by atoms with van der Waals surface area (Å²) in [6.45, 7) is 8.60. The van der Waals surface area contributed by atoms with Gasteiger partial charge in [0.1, 0.15) is 11.2 Å². The molecule has 38 heavy (non-hydrogen) atoms. The van der Waals surface area contributed by atoms with Gasteiger partial charge in [-0.15, -0.1) is 0 Å². The van der Waals surface area contributed by atoms with Crippen LogP contribution in [0.4, 0.5) is 10.1 Å². The van der Waals surface area contributed by atoms with Gasteiger partial charge in [-0.25, -0.2) is 4.39 Å². The molecule has 5 rings (SSSR count). The van der Waals surface area contributed by atoms with Crippen molar-refractivity contribution in [3.05, 3.63) is 63.4 Å². The number of hydrogen-bond donors (Lipinski definition) is 4. The lowest BCUT2D eigenvalue weighted by atomic mass is 9.62. The van der Waals surface area contributed by atoms with Gasteiger partial charge in [-0.2, -0.15) is 0 Å². The summed E-state index contributed by atoms with van der Waals surface area (Å²) in [6.07, 6.45) is 3.76. The largest absolute Gasteiger partial charge is 0.393 e. The third-order valence-electron chi connectivity index (χ3n) is 8.71. The number of halogens is 3. The monoisotopic (exact) mass is 561 g/mol. The van der Waals surface area contributed by atoms with Gasteiger partial charge in [0.2, 0.25) is 5.91 Å². The zero-order valence-electron chi connectivity index (χ0n) is 22.5. The lowest BCUT2D eigenvalue weighted by Gasteiger charge is -2.39. The fraction of sp³-hybridized carbons (Fsp3) is 0.567. The third kappa shape index (κ3) is 4.88. The topological polar surface area (TPSA) is 73.4 Å². The highest BCUT2D eigenvalue weighted by molar-refractivity contribution is 6.31. The molecule has 3 aliphatic rings. The molecule has 8 heteroatoms. The molecule has 0 bridgehead atoms. The summed E-state index contributed by atoms with van der Waals surface area (Å²) < 4.78 is 15.9. The first-order valence-electron chi connectivity index (χ1n) is 13.7. The Morgan fingerprint density at radius 1 is 1.16 bits per heavy atom. The quantitative estimate of drug-likeness (QED) is 0.352. The van der Waals surface area contributed by atoms with Gasteiger partial charge in [-0.3, -0.25) is 4.79 Å². The molecule has 2 aromatic carbocycles. The van der Waals surface area contributed by atoms with E-state index in [1.165, 1.54) is 0 Å². The molecule has 1 saturated heterocycles. The van der Waals surface area contributed by atoms with Gasteiger partial charge in [0.15, 0.2) is 0 Å². The van der Waals surface area contributed by atoms with Crippen molar-refractivity contribution in [2.75, 3.05) is 5.32 Å². The molecule has 0 radical (unpaired) electrons. The molecule has 0 aromatic heterocycles. The molecule has 1 aliphatic carbocycles. The zero-order valence-corrected chi connectivity index (χ0v) is 24.0. The highest BCUT2D eigenvalue weighted by Gasteiger charge is 2.65. The molecule has 2 heterocycles. The summed E-state index contributed by atoms with van der Waals surface area (Å²) >= 11 is 12.7. The van der Waals surface area contributed by atoms with E-state index in [9.17, 15) is 9.90 Å². The second kappa shape index (κ2) is 10.4. The van der Waals surface area contributed by atoms with Gasteiger partial charge in [-0.1, -0.05) is 62.2 Å². The molecule has 5 atom stereocenters. The number of rotatable bonds is 5. The Morgan fingerprint density at radius 3 is 2.55 bits per heavy atom. The number of aliphatic hydroxyl groups is 1. The molecule has 3 unspecified atom stereocenters. The van der Waals surface area contributed by atoms with Crippen molar-refractivity contribution in [2.45, 2.75) is 101 Å². The third-order valence-corrected chi connectivity index (χ3v) is 9.24.